The summed E-state index contributed by atoms with van der Waals surface area (Å²) in [7, 11) is 0. The SMILES string of the molecule is Cl.Clc1ccc2nc(-c3ccc4c(c3)OCCO4)cc(-c3ccccc3Cl)c2c1. The van der Waals surface area contributed by atoms with Crippen molar-refractivity contribution in [3.8, 4) is 33.9 Å². The molecule has 0 aliphatic carbocycles. The molecule has 0 saturated carbocycles. The summed E-state index contributed by atoms with van der Waals surface area (Å²) in [6, 6.07) is 21.4. The van der Waals surface area contributed by atoms with E-state index in [1.807, 2.05) is 66.7 Å². The van der Waals surface area contributed by atoms with E-state index in [4.69, 9.17) is 37.7 Å². The van der Waals surface area contributed by atoms with Gasteiger partial charge in [-0.15, -0.1) is 12.4 Å². The van der Waals surface area contributed by atoms with Crippen LogP contribution in [0.5, 0.6) is 11.5 Å². The van der Waals surface area contributed by atoms with Gasteiger partial charge in [0.25, 0.3) is 0 Å². The lowest BCUT2D eigenvalue weighted by Crippen LogP contribution is -2.15. The van der Waals surface area contributed by atoms with Gasteiger partial charge in [0.15, 0.2) is 11.5 Å². The Kier molecular flexibility index (Phi) is 5.55. The Morgan fingerprint density at radius 2 is 1.55 bits per heavy atom. The van der Waals surface area contributed by atoms with Crippen molar-refractivity contribution in [1.82, 2.24) is 4.98 Å². The number of pyridine rings is 1. The molecule has 2 heterocycles. The minimum atomic E-state index is 0. The normalized spacial score (nSPS) is 12.5. The maximum absolute atomic E-state index is 6.50. The van der Waals surface area contributed by atoms with Crippen LogP contribution in [0.4, 0.5) is 0 Å². The van der Waals surface area contributed by atoms with E-state index < -0.39 is 0 Å². The summed E-state index contributed by atoms with van der Waals surface area (Å²) in [5, 5.41) is 2.31. The maximum atomic E-state index is 6.50. The van der Waals surface area contributed by atoms with Crippen LogP contribution in [0.2, 0.25) is 10.0 Å². The third-order valence-corrected chi connectivity index (χ3v) is 5.34. The van der Waals surface area contributed by atoms with Crippen LogP contribution in [0.15, 0.2) is 66.7 Å². The third kappa shape index (κ3) is 3.74. The third-order valence-electron chi connectivity index (χ3n) is 4.77. The summed E-state index contributed by atoms with van der Waals surface area (Å²) in [5.74, 6) is 1.50. The summed E-state index contributed by atoms with van der Waals surface area (Å²) in [5.41, 5.74) is 4.57. The van der Waals surface area contributed by atoms with Gasteiger partial charge in [0, 0.05) is 26.6 Å². The second-order valence-corrected chi connectivity index (χ2v) is 7.40. The van der Waals surface area contributed by atoms with Crippen LogP contribution in [0.25, 0.3) is 33.3 Å². The van der Waals surface area contributed by atoms with Crippen molar-refractivity contribution in [3.63, 3.8) is 0 Å². The molecule has 0 spiro atoms. The first-order valence-electron chi connectivity index (χ1n) is 8.94. The molecule has 0 amide bonds. The van der Waals surface area contributed by atoms with Crippen molar-refractivity contribution in [3.05, 3.63) is 76.8 Å². The summed E-state index contributed by atoms with van der Waals surface area (Å²) < 4.78 is 11.4. The van der Waals surface area contributed by atoms with Gasteiger partial charge in [-0.05, 0) is 54.1 Å². The van der Waals surface area contributed by atoms with Crippen LogP contribution in [-0.2, 0) is 0 Å². The molecular weight excluding hydrogens is 429 g/mol. The number of fused-ring (bicyclic) bond motifs is 2. The zero-order chi connectivity index (χ0) is 19.1. The van der Waals surface area contributed by atoms with Crippen LogP contribution < -0.4 is 9.47 Å². The number of hydrogen-bond acceptors (Lipinski definition) is 3. The fourth-order valence-corrected chi connectivity index (χ4v) is 3.86. The van der Waals surface area contributed by atoms with E-state index in [0.717, 1.165) is 44.8 Å². The Balaban J connectivity index is 0.00000205. The van der Waals surface area contributed by atoms with Gasteiger partial charge in [-0.2, -0.15) is 0 Å². The van der Waals surface area contributed by atoms with E-state index in [0.29, 0.717) is 23.3 Å². The molecule has 0 atom stereocenters. The standard InChI is InChI=1S/C23H15Cl2NO2.ClH/c24-15-6-7-20-18(12-15)17(16-3-1-2-4-19(16)25)13-21(26-20)14-5-8-22-23(11-14)28-10-9-27-22;/h1-8,11-13H,9-10H2;1H. The van der Waals surface area contributed by atoms with E-state index in [9.17, 15) is 0 Å². The Labute approximate surface area is 184 Å². The Bertz CT molecular complexity index is 1210. The quantitative estimate of drug-likeness (QED) is 0.331. The molecule has 3 nitrogen and oxygen atoms in total. The molecule has 0 radical (unpaired) electrons. The van der Waals surface area contributed by atoms with Crippen LogP contribution in [0, 0.1) is 0 Å². The second-order valence-electron chi connectivity index (χ2n) is 6.55. The molecule has 5 rings (SSSR count). The first-order valence-corrected chi connectivity index (χ1v) is 9.70. The van der Waals surface area contributed by atoms with Gasteiger partial charge >= 0.3 is 0 Å². The van der Waals surface area contributed by atoms with Gasteiger partial charge in [0.2, 0.25) is 0 Å². The Morgan fingerprint density at radius 1 is 0.759 bits per heavy atom. The first-order chi connectivity index (χ1) is 13.7. The van der Waals surface area contributed by atoms with Crippen LogP contribution in [-0.4, -0.2) is 18.2 Å². The second kappa shape index (κ2) is 8.11. The van der Waals surface area contributed by atoms with Gasteiger partial charge in [-0.1, -0.05) is 41.4 Å². The summed E-state index contributed by atoms with van der Waals surface area (Å²) in [6.07, 6.45) is 0. The van der Waals surface area contributed by atoms with Crippen LogP contribution in [0.3, 0.4) is 0 Å². The minimum absolute atomic E-state index is 0. The molecule has 0 N–H and O–H groups in total. The number of rotatable bonds is 2. The molecule has 29 heavy (non-hydrogen) atoms. The maximum Gasteiger partial charge on any atom is 0.162 e. The molecule has 6 heteroatoms. The van der Waals surface area contributed by atoms with Crippen LogP contribution >= 0.6 is 35.6 Å². The lowest BCUT2D eigenvalue weighted by Gasteiger charge is -2.19. The zero-order valence-corrected chi connectivity index (χ0v) is 17.5. The fraction of sp³-hybridized carbons (Fsp3) is 0.0870. The highest BCUT2D eigenvalue weighted by atomic mass is 35.5. The largest absolute Gasteiger partial charge is 0.486 e. The van der Waals surface area contributed by atoms with Crippen molar-refractivity contribution in [2.75, 3.05) is 13.2 Å². The highest BCUT2D eigenvalue weighted by Crippen LogP contribution is 2.39. The number of nitrogens with zero attached hydrogens (tertiary/aromatic N) is 1. The van der Waals surface area contributed by atoms with Crippen molar-refractivity contribution >= 4 is 46.5 Å². The average molecular weight is 445 g/mol. The van der Waals surface area contributed by atoms with E-state index in [1.54, 1.807) is 0 Å². The molecule has 1 aliphatic rings. The van der Waals surface area contributed by atoms with Gasteiger partial charge in [-0.3, -0.25) is 0 Å². The highest BCUT2D eigenvalue weighted by Gasteiger charge is 2.16. The summed E-state index contributed by atoms with van der Waals surface area (Å²) in [6.45, 7) is 1.11. The zero-order valence-electron chi connectivity index (χ0n) is 15.2. The van der Waals surface area contributed by atoms with Crippen molar-refractivity contribution in [1.29, 1.82) is 0 Å². The summed E-state index contributed by atoms with van der Waals surface area (Å²) in [4.78, 5) is 4.85. The van der Waals surface area contributed by atoms with E-state index in [2.05, 4.69) is 0 Å². The molecule has 0 saturated heterocycles. The molecule has 0 fully saturated rings. The molecule has 1 aliphatic heterocycles. The topological polar surface area (TPSA) is 31.4 Å². The molecular formula is C23H16Cl3NO2. The molecule has 146 valence electrons. The van der Waals surface area contributed by atoms with Crippen molar-refractivity contribution in [2.24, 2.45) is 0 Å². The van der Waals surface area contributed by atoms with Gasteiger partial charge in [0.1, 0.15) is 13.2 Å². The van der Waals surface area contributed by atoms with Crippen molar-refractivity contribution < 1.29 is 9.47 Å². The number of hydrogen-bond donors (Lipinski definition) is 0. The lowest BCUT2D eigenvalue weighted by atomic mass is 9.98. The van der Waals surface area contributed by atoms with E-state index in [-0.39, 0.29) is 12.4 Å². The molecule has 0 unspecified atom stereocenters. The first kappa shape index (κ1) is 19.8. The average Bonchev–Trinajstić information content (AvgIpc) is 2.73. The predicted octanol–water partition coefficient (Wildman–Crippen LogP) is 7.07. The number of benzene rings is 3. The molecule has 0 bridgehead atoms. The Morgan fingerprint density at radius 3 is 2.38 bits per heavy atom. The minimum Gasteiger partial charge on any atom is -0.486 e. The Hall–Kier alpha value is -2.46. The monoisotopic (exact) mass is 443 g/mol. The van der Waals surface area contributed by atoms with Gasteiger partial charge in [0.05, 0.1) is 11.2 Å². The van der Waals surface area contributed by atoms with Gasteiger partial charge in [-0.25, -0.2) is 4.98 Å². The fourth-order valence-electron chi connectivity index (χ4n) is 3.45. The number of aromatic nitrogens is 1. The van der Waals surface area contributed by atoms with E-state index >= 15 is 0 Å². The number of halogens is 3. The van der Waals surface area contributed by atoms with Gasteiger partial charge < -0.3 is 9.47 Å². The predicted molar refractivity (Wildman–Crippen MR) is 121 cm³/mol. The molecule has 3 aromatic carbocycles. The van der Waals surface area contributed by atoms with Crippen LogP contribution in [0.1, 0.15) is 0 Å². The number of ether oxygens (including phenoxy) is 2. The van der Waals surface area contributed by atoms with E-state index in [1.165, 1.54) is 0 Å². The lowest BCUT2D eigenvalue weighted by molar-refractivity contribution is 0.171. The molecule has 1 aromatic heterocycles. The summed E-state index contributed by atoms with van der Waals surface area (Å²) >= 11 is 12.8. The van der Waals surface area contributed by atoms with Crippen molar-refractivity contribution in [2.45, 2.75) is 0 Å². The molecule has 4 aromatic rings. The smallest absolute Gasteiger partial charge is 0.162 e. The highest BCUT2D eigenvalue weighted by molar-refractivity contribution is 6.34.